The van der Waals surface area contributed by atoms with E-state index in [1.165, 1.54) is 6.21 Å². The molecular formula is C6H9N2O+. The quantitative estimate of drug-likeness (QED) is 0.440. The molecule has 0 saturated carbocycles. The molecular weight excluding hydrogens is 116 g/mol. The summed E-state index contributed by atoms with van der Waals surface area (Å²) in [6, 6.07) is -0.127. The molecule has 1 heterocycles. The third-order valence-corrected chi connectivity index (χ3v) is 1.22. The number of allylic oxidation sites excluding steroid dienone is 1. The van der Waals surface area contributed by atoms with Crippen LogP contribution in [0.15, 0.2) is 17.3 Å². The zero-order valence-electron chi connectivity index (χ0n) is 5.53. The summed E-state index contributed by atoms with van der Waals surface area (Å²) in [4.78, 5) is 14.4. The molecule has 9 heavy (non-hydrogen) atoms. The molecule has 0 fully saturated rings. The number of aliphatic imine (C=N–C) groups is 1. The zero-order valence-corrected chi connectivity index (χ0v) is 5.53. The first-order chi connectivity index (χ1) is 4.13. The highest BCUT2D eigenvalue weighted by molar-refractivity contribution is 5.86. The smallest absolute Gasteiger partial charge is 0.217 e. The van der Waals surface area contributed by atoms with Crippen molar-refractivity contribution < 1.29 is 9.28 Å². The number of urea groups is 1. The Morgan fingerprint density at radius 1 is 1.56 bits per heavy atom. The van der Waals surface area contributed by atoms with Crippen LogP contribution in [0.25, 0.3) is 0 Å². The second-order valence-corrected chi connectivity index (χ2v) is 2.44. The van der Waals surface area contributed by atoms with Gasteiger partial charge in [-0.3, -0.25) is 0 Å². The maximum Gasteiger partial charge on any atom is 0.446 e. The van der Waals surface area contributed by atoms with Gasteiger partial charge in [0.15, 0.2) is 0 Å². The van der Waals surface area contributed by atoms with E-state index < -0.39 is 0 Å². The van der Waals surface area contributed by atoms with Crippen LogP contribution in [0, 0.1) is 0 Å². The fraction of sp³-hybridized carbons (Fsp3) is 0.333. The van der Waals surface area contributed by atoms with E-state index in [1.807, 2.05) is 0 Å². The van der Waals surface area contributed by atoms with E-state index in [0.717, 1.165) is 0 Å². The second-order valence-electron chi connectivity index (χ2n) is 2.44. The molecule has 1 aliphatic heterocycles. The normalized spacial score (nSPS) is 22.7. The van der Waals surface area contributed by atoms with Crippen LogP contribution < -0.4 is 0 Å². The lowest BCUT2D eigenvalue weighted by Gasteiger charge is -2.19. The summed E-state index contributed by atoms with van der Waals surface area (Å²) in [5, 5.41) is 0. The Morgan fingerprint density at radius 2 is 2.22 bits per heavy atom. The molecule has 0 saturated heterocycles. The van der Waals surface area contributed by atoms with Gasteiger partial charge in [-0.25, -0.2) is 9.28 Å². The van der Waals surface area contributed by atoms with E-state index in [4.69, 9.17) is 0 Å². The van der Waals surface area contributed by atoms with Gasteiger partial charge in [-0.15, -0.1) is 0 Å². The monoisotopic (exact) mass is 125 g/mol. The van der Waals surface area contributed by atoms with Crippen LogP contribution in [-0.2, 0) is 0 Å². The molecule has 3 nitrogen and oxygen atoms in total. The van der Waals surface area contributed by atoms with Gasteiger partial charge in [-0.2, -0.15) is 4.99 Å². The largest absolute Gasteiger partial charge is 0.446 e. The highest BCUT2D eigenvalue weighted by Gasteiger charge is 2.23. The number of carbonyl (C=O) groups is 1. The van der Waals surface area contributed by atoms with Crippen molar-refractivity contribution in [2.75, 3.05) is 14.1 Å². The Hall–Kier alpha value is -0.960. The summed E-state index contributed by atoms with van der Waals surface area (Å²) in [6.45, 7) is 0. The van der Waals surface area contributed by atoms with Crippen LogP contribution in [0.1, 0.15) is 0 Å². The molecule has 0 aromatic heterocycles. The second kappa shape index (κ2) is 1.77. The molecule has 0 aromatic rings. The Morgan fingerprint density at radius 3 is 2.56 bits per heavy atom. The number of quaternary nitrogens is 1. The van der Waals surface area contributed by atoms with Crippen LogP contribution >= 0.6 is 0 Å². The molecule has 0 aliphatic carbocycles. The van der Waals surface area contributed by atoms with Crippen molar-refractivity contribution in [3.05, 3.63) is 12.3 Å². The van der Waals surface area contributed by atoms with Crippen molar-refractivity contribution >= 4 is 12.2 Å². The maximum atomic E-state index is 10.8. The van der Waals surface area contributed by atoms with Crippen LogP contribution in [0.4, 0.5) is 4.79 Å². The lowest BCUT2D eigenvalue weighted by atomic mass is 10.5. The third-order valence-electron chi connectivity index (χ3n) is 1.22. The van der Waals surface area contributed by atoms with Crippen molar-refractivity contribution in [2.45, 2.75) is 0 Å². The molecule has 3 heteroatoms. The molecule has 48 valence electrons. The fourth-order valence-electron chi connectivity index (χ4n) is 0.573. The summed E-state index contributed by atoms with van der Waals surface area (Å²) in [7, 11) is 3.57. The van der Waals surface area contributed by atoms with E-state index in [9.17, 15) is 4.79 Å². The van der Waals surface area contributed by atoms with Gasteiger partial charge in [0.1, 0.15) is 6.20 Å². The van der Waals surface area contributed by atoms with Gasteiger partial charge in [0, 0.05) is 12.3 Å². The van der Waals surface area contributed by atoms with Crippen molar-refractivity contribution in [1.82, 2.24) is 0 Å². The molecule has 0 aromatic carbocycles. The SMILES string of the molecule is C[N+]1(C)C=CC=NC1=O. The van der Waals surface area contributed by atoms with Crippen LogP contribution in [0.2, 0.25) is 0 Å². The van der Waals surface area contributed by atoms with Gasteiger partial charge in [-0.05, 0) is 0 Å². The molecule has 0 N–H and O–H groups in total. The molecule has 0 atom stereocenters. The van der Waals surface area contributed by atoms with Crippen LogP contribution in [0.3, 0.4) is 0 Å². The molecule has 0 unspecified atom stereocenters. The predicted octanol–water partition coefficient (Wildman–Crippen LogP) is 0.781. The van der Waals surface area contributed by atoms with Crippen LogP contribution in [-0.4, -0.2) is 30.8 Å². The van der Waals surface area contributed by atoms with E-state index in [0.29, 0.717) is 0 Å². The van der Waals surface area contributed by atoms with Crippen molar-refractivity contribution in [3.63, 3.8) is 0 Å². The van der Waals surface area contributed by atoms with Crippen molar-refractivity contribution in [1.29, 1.82) is 0 Å². The molecule has 2 amide bonds. The highest BCUT2D eigenvalue weighted by Crippen LogP contribution is 2.04. The zero-order chi connectivity index (χ0) is 6.91. The van der Waals surface area contributed by atoms with Crippen molar-refractivity contribution in [3.8, 4) is 0 Å². The highest BCUT2D eigenvalue weighted by atomic mass is 16.2. The Labute approximate surface area is 53.9 Å². The molecule has 1 aliphatic rings. The van der Waals surface area contributed by atoms with Gasteiger partial charge < -0.3 is 0 Å². The van der Waals surface area contributed by atoms with Gasteiger partial charge in [-0.1, -0.05) is 0 Å². The first-order valence-corrected chi connectivity index (χ1v) is 2.73. The molecule has 0 bridgehead atoms. The predicted molar refractivity (Wildman–Crippen MR) is 35.1 cm³/mol. The maximum absolute atomic E-state index is 10.8. The number of hydrogen-bond donors (Lipinski definition) is 0. The third kappa shape index (κ3) is 1.05. The molecule has 0 radical (unpaired) electrons. The van der Waals surface area contributed by atoms with Crippen molar-refractivity contribution in [2.24, 2.45) is 4.99 Å². The summed E-state index contributed by atoms with van der Waals surface area (Å²) in [5.41, 5.74) is 0. The van der Waals surface area contributed by atoms with Crippen LogP contribution in [0.5, 0.6) is 0 Å². The lowest BCUT2D eigenvalue weighted by Crippen LogP contribution is -2.39. The number of hydrogen-bond acceptors (Lipinski definition) is 1. The minimum absolute atomic E-state index is 0.127. The summed E-state index contributed by atoms with van der Waals surface area (Å²) in [6.07, 6.45) is 5.06. The topological polar surface area (TPSA) is 29.4 Å². The van der Waals surface area contributed by atoms with E-state index in [2.05, 4.69) is 4.99 Å². The van der Waals surface area contributed by atoms with Gasteiger partial charge in [0.25, 0.3) is 0 Å². The molecule has 0 spiro atoms. The summed E-state index contributed by atoms with van der Waals surface area (Å²) in [5.74, 6) is 0. The molecule has 1 rings (SSSR count). The minimum Gasteiger partial charge on any atom is -0.217 e. The average Bonchev–Trinajstić information content (AvgIpc) is 1.77. The first kappa shape index (κ1) is 6.16. The summed E-state index contributed by atoms with van der Waals surface area (Å²) < 4.78 is 0.219. The van der Waals surface area contributed by atoms with E-state index in [-0.39, 0.29) is 10.5 Å². The Kier molecular flexibility index (Phi) is 1.21. The number of nitrogens with zero attached hydrogens (tertiary/aromatic N) is 2. The minimum atomic E-state index is -0.127. The fourth-order valence-corrected chi connectivity index (χ4v) is 0.573. The van der Waals surface area contributed by atoms with Gasteiger partial charge in [0.2, 0.25) is 0 Å². The lowest BCUT2D eigenvalue weighted by molar-refractivity contribution is -0.752. The Balaban J connectivity index is 2.91. The number of amides is 2. The van der Waals surface area contributed by atoms with E-state index in [1.54, 1.807) is 26.4 Å². The van der Waals surface area contributed by atoms with E-state index >= 15 is 0 Å². The summed E-state index contributed by atoms with van der Waals surface area (Å²) >= 11 is 0. The average molecular weight is 125 g/mol. The van der Waals surface area contributed by atoms with Gasteiger partial charge in [0.05, 0.1) is 14.1 Å². The standard InChI is InChI=1S/C6H9N2O/c1-8(2)5-3-4-7-6(8)9/h3-5H,1-2H3/q+1. The first-order valence-electron chi connectivity index (χ1n) is 2.73. The number of rotatable bonds is 0. The number of carbonyl (C=O) groups excluding carboxylic acids is 1. The Bertz CT molecular complexity index is 191. The van der Waals surface area contributed by atoms with Gasteiger partial charge >= 0.3 is 6.03 Å².